The second-order valence-corrected chi connectivity index (χ2v) is 16.1. The number of fused-ring (bicyclic) bond motifs is 4. The molecule has 0 radical (unpaired) electrons. The third-order valence-corrected chi connectivity index (χ3v) is 12.2. The van der Waals surface area contributed by atoms with Gasteiger partial charge in [-0.1, -0.05) is 12.1 Å². The number of hydrogen-bond acceptors (Lipinski definition) is 14. The van der Waals surface area contributed by atoms with Crippen LogP contribution in [0.25, 0.3) is 21.9 Å². The van der Waals surface area contributed by atoms with Crippen molar-refractivity contribution in [2.75, 3.05) is 34.4 Å². The number of carbonyl (C=O) groups excluding carboxylic acids is 7. The van der Waals surface area contributed by atoms with Gasteiger partial charge in [-0.05, 0) is 61.4 Å². The van der Waals surface area contributed by atoms with E-state index < -0.39 is 46.8 Å². The van der Waals surface area contributed by atoms with Crippen molar-refractivity contribution in [1.29, 1.82) is 0 Å². The molecule has 4 aliphatic rings. The molecule has 8 heterocycles. The van der Waals surface area contributed by atoms with E-state index in [4.69, 9.17) is 18.3 Å². The molecule has 22 nitrogen and oxygen atoms in total. The third kappa shape index (κ3) is 7.05. The molecule has 6 aromatic rings. The zero-order valence-corrected chi connectivity index (χ0v) is 36.2. The second-order valence-electron chi connectivity index (χ2n) is 16.1. The van der Waals surface area contributed by atoms with E-state index in [0.29, 0.717) is 44.8 Å². The SMILES string of the molecule is CNC(=O)c1cnc(C)c2cc([C@]3(CN4Cc5ccc(OC)cc5C4=O)NC(=O)NC3=O)oc12.COc1ccc2c(c1)C(=O)N(C[C@@]1(c3cc4c(C)ncc(C(=O)O)c4o3)NC(=O)NC1=O)C2. The number of carbonyl (C=O) groups is 8. The highest BCUT2D eigenvalue weighted by molar-refractivity contribution is 6.11. The van der Waals surface area contributed by atoms with Crippen LogP contribution < -0.4 is 36.1 Å². The van der Waals surface area contributed by atoms with Gasteiger partial charge in [0.1, 0.15) is 34.1 Å². The van der Waals surface area contributed by atoms with Gasteiger partial charge in [0.05, 0.1) is 27.3 Å². The molecule has 0 aliphatic carbocycles. The summed E-state index contributed by atoms with van der Waals surface area (Å²) in [5.41, 5.74) is 0.314. The number of pyridine rings is 2. The first kappa shape index (κ1) is 43.4. The number of benzene rings is 2. The van der Waals surface area contributed by atoms with Gasteiger partial charge in [0.25, 0.3) is 29.5 Å². The quantitative estimate of drug-likeness (QED) is 0.108. The van der Waals surface area contributed by atoms with Gasteiger partial charge < -0.3 is 49.2 Å². The molecule has 2 atom stereocenters. The Kier molecular flexibility index (Phi) is 10.4. The van der Waals surface area contributed by atoms with Crippen molar-refractivity contribution >= 4 is 69.5 Å². The molecular weight excluding hydrogens is 875 g/mol. The Hall–Kier alpha value is -8.82. The minimum atomic E-state index is -1.75. The number of hydrogen-bond donors (Lipinski definition) is 6. The normalized spacial score (nSPS) is 19.4. The van der Waals surface area contributed by atoms with E-state index in [1.807, 2.05) is 0 Å². The molecule has 0 saturated carbocycles. The van der Waals surface area contributed by atoms with Gasteiger partial charge in [0.15, 0.2) is 22.2 Å². The minimum Gasteiger partial charge on any atom is -0.497 e. The molecule has 4 aromatic heterocycles. The van der Waals surface area contributed by atoms with E-state index in [9.17, 15) is 43.5 Å². The lowest BCUT2D eigenvalue weighted by molar-refractivity contribution is -0.126. The Morgan fingerprint density at radius 2 is 1.13 bits per heavy atom. The summed E-state index contributed by atoms with van der Waals surface area (Å²) in [6.07, 6.45) is 2.55. The fourth-order valence-electron chi connectivity index (χ4n) is 8.64. The zero-order chi connectivity index (χ0) is 47.7. The molecule has 4 aliphatic heterocycles. The molecule has 9 amide bonds. The third-order valence-electron chi connectivity index (χ3n) is 12.2. The largest absolute Gasteiger partial charge is 0.497 e. The number of urea groups is 2. The van der Waals surface area contributed by atoms with Crippen LogP contribution in [0.5, 0.6) is 11.5 Å². The number of carboxylic acids is 1. The summed E-state index contributed by atoms with van der Waals surface area (Å²) in [7, 11) is 4.49. The van der Waals surface area contributed by atoms with Crippen LogP contribution in [0.15, 0.2) is 69.8 Å². The van der Waals surface area contributed by atoms with Crippen LogP contribution in [0.2, 0.25) is 0 Å². The van der Waals surface area contributed by atoms with E-state index in [1.165, 1.54) is 49.5 Å². The fourth-order valence-corrected chi connectivity index (χ4v) is 8.64. The molecule has 2 saturated heterocycles. The van der Waals surface area contributed by atoms with Crippen LogP contribution >= 0.6 is 0 Å². The Bertz CT molecular complexity index is 3200. The van der Waals surface area contributed by atoms with E-state index in [2.05, 4.69) is 36.6 Å². The predicted octanol–water partition coefficient (Wildman–Crippen LogP) is 2.73. The number of nitrogens with one attached hydrogen (secondary N) is 5. The highest BCUT2D eigenvalue weighted by Crippen LogP contribution is 2.38. The van der Waals surface area contributed by atoms with Crippen molar-refractivity contribution in [2.45, 2.75) is 38.0 Å². The summed E-state index contributed by atoms with van der Waals surface area (Å²) >= 11 is 0. The maximum Gasteiger partial charge on any atom is 0.341 e. The molecule has 2 aromatic carbocycles. The van der Waals surface area contributed by atoms with Crippen molar-refractivity contribution in [1.82, 2.24) is 46.4 Å². The molecule has 6 N–H and O–H groups in total. The number of imide groups is 2. The first-order valence-electron chi connectivity index (χ1n) is 20.4. The zero-order valence-electron chi connectivity index (χ0n) is 36.2. The number of furan rings is 2. The van der Waals surface area contributed by atoms with Gasteiger partial charge in [-0.15, -0.1) is 0 Å². The van der Waals surface area contributed by atoms with Crippen molar-refractivity contribution in [3.8, 4) is 11.5 Å². The van der Waals surface area contributed by atoms with E-state index in [-0.39, 0.29) is 71.8 Å². The molecule has 67 heavy (non-hydrogen) atoms. The first-order valence-corrected chi connectivity index (χ1v) is 20.4. The molecule has 342 valence electrons. The molecule has 0 unspecified atom stereocenters. The summed E-state index contributed by atoms with van der Waals surface area (Å²) in [4.78, 5) is 112. The summed E-state index contributed by atoms with van der Waals surface area (Å²) in [5, 5.41) is 22.6. The summed E-state index contributed by atoms with van der Waals surface area (Å²) in [6.45, 7) is 3.46. The second kappa shape index (κ2) is 16.0. The number of aromatic nitrogens is 2. The Morgan fingerprint density at radius 1 is 0.701 bits per heavy atom. The number of carboxylic acid groups (broad SMARTS) is 1. The van der Waals surface area contributed by atoms with Gasteiger partial charge in [-0.25, -0.2) is 14.4 Å². The molecule has 10 rings (SSSR count). The summed E-state index contributed by atoms with van der Waals surface area (Å²) in [6, 6.07) is 11.9. The van der Waals surface area contributed by atoms with Crippen LogP contribution in [0.4, 0.5) is 9.59 Å². The molecular formula is C45H39N9O13. The molecule has 0 bridgehead atoms. The average Bonchev–Trinajstić information content (AvgIpc) is 4.17. The van der Waals surface area contributed by atoms with E-state index in [0.717, 1.165) is 11.1 Å². The maximum absolute atomic E-state index is 13.2. The lowest BCUT2D eigenvalue weighted by Gasteiger charge is -2.29. The Balaban J connectivity index is 0.000000168. The lowest BCUT2D eigenvalue weighted by atomic mass is 9.95. The topological polar surface area (TPSA) is 294 Å². The maximum atomic E-state index is 13.2. The Morgan fingerprint density at radius 3 is 1.52 bits per heavy atom. The van der Waals surface area contributed by atoms with Crippen LogP contribution in [0.1, 0.15) is 75.5 Å². The number of amides is 9. The van der Waals surface area contributed by atoms with Crippen LogP contribution in [-0.4, -0.2) is 107 Å². The lowest BCUT2D eigenvalue weighted by Crippen LogP contribution is -2.52. The van der Waals surface area contributed by atoms with Crippen molar-refractivity contribution < 1.29 is 61.8 Å². The van der Waals surface area contributed by atoms with Crippen molar-refractivity contribution in [3.05, 3.63) is 117 Å². The summed E-state index contributed by atoms with van der Waals surface area (Å²) in [5.74, 6) is -2.52. The molecule has 0 spiro atoms. The number of nitrogens with zero attached hydrogens (tertiary/aromatic N) is 4. The minimum absolute atomic E-state index is 0.000728. The first-order chi connectivity index (χ1) is 32.0. The fraction of sp³-hybridized carbons (Fsp3) is 0.244. The van der Waals surface area contributed by atoms with Gasteiger partial charge in [-0.2, -0.15) is 0 Å². The Labute approximate surface area is 377 Å². The van der Waals surface area contributed by atoms with Crippen LogP contribution in [0.3, 0.4) is 0 Å². The number of aromatic carboxylic acids is 1. The van der Waals surface area contributed by atoms with Gasteiger partial charge in [0.2, 0.25) is 0 Å². The van der Waals surface area contributed by atoms with Gasteiger partial charge in [0, 0.05) is 65.8 Å². The van der Waals surface area contributed by atoms with Crippen molar-refractivity contribution in [3.63, 3.8) is 0 Å². The number of aryl methyl sites for hydroxylation is 2. The van der Waals surface area contributed by atoms with Crippen molar-refractivity contribution in [2.24, 2.45) is 0 Å². The van der Waals surface area contributed by atoms with Crippen LogP contribution in [-0.2, 0) is 33.8 Å². The monoisotopic (exact) mass is 913 g/mol. The average molecular weight is 914 g/mol. The number of ether oxygens (including phenoxy) is 2. The standard InChI is InChI=1S/C23H21N5O6.C22H18N4O7/c1-11-14-7-17(34-18(14)16(8-25-11)19(29)24-2)23(21(31)26-22(32)27-23)10-28-9-12-4-5-13(33-3)6-15(12)20(28)30;1-10-13-6-16(33-17(13)15(7-23-10)19(28)29)22(20(30)24-21(31)25-22)9-26-8-11-3-4-12(32-2)5-14(11)18(26)27/h4-8H,9-10H2,1-3H3,(H,24,29)(H2,26,27,31,32);3-7H,8-9H2,1-2H3,(H,28,29)(H2,24,25,30,31)/t23-;22-/m00/s1. The highest BCUT2D eigenvalue weighted by atomic mass is 16.5. The van der Waals surface area contributed by atoms with Gasteiger partial charge in [-0.3, -0.25) is 44.6 Å². The van der Waals surface area contributed by atoms with E-state index >= 15 is 0 Å². The molecule has 2 fully saturated rings. The summed E-state index contributed by atoms with van der Waals surface area (Å²) < 4.78 is 22.3. The predicted molar refractivity (Wildman–Crippen MR) is 230 cm³/mol. The van der Waals surface area contributed by atoms with Gasteiger partial charge >= 0.3 is 18.0 Å². The number of methoxy groups -OCH3 is 2. The highest BCUT2D eigenvalue weighted by Gasteiger charge is 2.54. The smallest absolute Gasteiger partial charge is 0.341 e. The molecule has 22 heteroatoms. The van der Waals surface area contributed by atoms with Crippen LogP contribution in [0, 0.1) is 13.8 Å². The number of rotatable bonds is 10. The van der Waals surface area contributed by atoms with E-state index in [1.54, 1.807) is 56.3 Å².